The molecule has 0 aliphatic heterocycles. The number of rotatable bonds is 5. The normalized spacial score (nSPS) is 11.8. The molecular weight excluding hydrogens is 725 g/mol. The summed E-state index contributed by atoms with van der Waals surface area (Å²) >= 11 is 1.85. The second-order valence-electron chi connectivity index (χ2n) is 14.8. The molecule has 4 aromatic heterocycles. The highest BCUT2D eigenvalue weighted by atomic mass is 32.1. The van der Waals surface area contributed by atoms with E-state index in [1.807, 2.05) is 29.5 Å². The van der Waals surface area contributed by atoms with Crippen LogP contribution in [-0.2, 0) is 0 Å². The summed E-state index contributed by atoms with van der Waals surface area (Å²) in [6.07, 6.45) is 0. The summed E-state index contributed by atoms with van der Waals surface area (Å²) in [5.74, 6) is 0.683. The summed E-state index contributed by atoms with van der Waals surface area (Å²) < 4.78 is 4.91. The molecular formula is C53H32N4S. The lowest BCUT2D eigenvalue weighted by Crippen LogP contribution is -1.97. The highest BCUT2D eigenvalue weighted by Gasteiger charge is 2.19. The molecule has 0 unspecified atom stereocenters. The van der Waals surface area contributed by atoms with Crippen molar-refractivity contribution in [3.05, 3.63) is 194 Å². The van der Waals surface area contributed by atoms with Gasteiger partial charge in [-0.2, -0.15) is 0 Å². The monoisotopic (exact) mass is 756 g/mol. The number of benzene rings is 8. The van der Waals surface area contributed by atoms with Gasteiger partial charge in [0.25, 0.3) is 0 Å². The van der Waals surface area contributed by atoms with E-state index in [1.165, 1.54) is 41.8 Å². The molecule has 58 heavy (non-hydrogen) atoms. The fourth-order valence-corrected chi connectivity index (χ4v) is 9.85. The Bertz CT molecular complexity index is 3550. The molecule has 0 aliphatic rings. The summed E-state index contributed by atoms with van der Waals surface area (Å²) in [6, 6.07) is 68.8. The van der Waals surface area contributed by atoms with Gasteiger partial charge in [0.1, 0.15) is 0 Å². The first-order chi connectivity index (χ1) is 28.7. The molecule has 0 fully saturated rings. The lowest BCUT2D eigenvalue weighted by atomic mass is 9.95. The third-order valence-electron chi connectivity index (χ3n) is 11.4. The Balaban J connectivity index is 1.09. The Hall–Kier alpha value is -7.47. The molecule has 0 aliphatic carbocycles. The van der Waals surface area contributed by atoms with Crippen LogP contribution in [0.15, 0.2) is 194 Å². The number of pyridine rings is 1. The predicted octanol–water partition coefficient (Wildman–Crippen LogP) is 14.3. The van der Waals surface area contributed by atoms with Crippen molar-refractivity contribution >= 4 is 75.0 Å². The maximum absolute atomic E-state index is 5.44. The maximum Gasteiger partial charge on any atom is 0.160 e. The summed E-state index contributed by atoms with van der Waals surface area (Å²) in [6.45, 7) is 0. The molecule has 0 atom stereocenters. The van der Waals surface area contributed by atoms with Gasteiger partial charge in [0.05, 0.1) is 33.6 Å². The van der Waals surface area contributed by atoms with Crippen LogP contribution < -0.4 is 0 Å². The smallest absolute Gasteiger partial charge is 0.160 e. The van der Waals surface area contributed by atoms with Crippen molar-refractivity contribution in [2.75, 3.05) is 0 Å². The molecule has 4 nitrogen and oxygen atoms in total. The van der Waals surface area contributed by atoms with Crippen LogP contribution in [0.25, 0.3) is 115 Å². The zero-order chi connectivity index (χ0) is 38.2. The van der Waals surface area contributed by atoms with E-state index in [9.17, 15) is 0 Å². The van der Waals surface area contributed by atoms with Crippen LogP contribution in [-0.4, -0.2) is 19.5 Å². The number of hydrogen-bond donors (Lipinski definition) is 0. The van der Waals surface area contributed by atoms with Gasteiger partial charge in [0.15, 0.2) is 5.82 Å². The molecule has 0 spiro atoms. The summed E-state index contributed by atoms with van der Waals surface area (Å²) in [4.78, 5) is 15.9. The predicted molar refractivity (Wildman–Crippen MR) is 244 cm³/mol. The van der Waals surface area contributed by atoms with Crippen LogP contribution in [0.2, 0.25) is 0 Å². The van der Waals surface area contributed by atoms with Crippen molar-refractivity contribution in [2.45, 2.75) is 0 Å². The van der Waals surface area contributed by atoms with Crippen molar-refractivity contribution < 1.29 is 0 Å². The Morgan fingerprint density at radius 1 is 0.362 bits per heavy atom. The lowest BCUT2D eigenvalue weighted by molar-refractivity contribution is 1.18. The van der Waals surface area contributed by atoms with Gasteiger partial charge in [0.2, 0.25) is 0 Å². The molecule has 12 rings (SSSR count). The number of hydrogen-bond acceptors (Lipinski definition) is 4. The Morgan fingerprint density at radius 3 is 1.78 bits per heavy atom. The largest absolute Gasteiger partial charge is 0.309 e. The number of fused-ring (bicyclic) bond motifs is 10. The second-order valence-corrected chi connectivity index (χ2v) is 15.8. The first-order valence-corrected chi connectivity index (χ1v) is 20.3. The topological polar surface area (TPSA) is 43.6 Å². The van der Waals surface area contributed by atoms with E-state index in [2.05, 4.69) is 180 Å². The molecule has 270 valence electrons. The molecule has 0 radical (unpaired) electrons. The lowest BCUT2D eigenvalue weighted by Gasteiger charge is -2.14. The van der Waals surface area contributed by atoms with Crippen LogP contribution in [0.3, 0.4) is 0 Å². The average Bonchev–Trinajstić information content (AvgIpc) is 3.85. The summed E-state index contributed by atoms with van der Waals surface area (Å²) in [5, 5.41) is 8.47. The molecule has 0 saturated heterocycles. The van der Waals surface area contributed by atoms with Crippen LogP contribution in [0.1, 0.15) is 0 Å². The fourth-order valence-electron chi connectivity index (χ4n) is 8.73. The third kappa shape index (κ3) is 5.18. The summed E-state index contributed by atoms with van der Waals surface area (Å²) in [5.41, 5.74) is 11.2. The summed E-state index contributed by atoms with van der Waals surface area (Å²) in [7, 11) is 0. The van der Waals surface area contributed by atoms with Gasteiger partial charge < -0.3 is 4.57 Å². The molecule has 12 aromatic rings. The Morgan fingerprint density at radius 2 is 0.983 bits per heavy atom. The third-order valence-corrected chi connectivity index (χ3v) is 12.5. The van der Waals surface area contributed by atoms with Crippen LogP contribution >= 0.6 is 11.3 Å². The first kappa shape index (κ1) is 32.7. The average molecular weight is 757 g/mol. The number of nitrogens with zero attached hydrogens (tertiary/aromatic N) is 4. The minimum absolute atomic E-state index is 0.683. The van der Waals surface area contributed by atoms with E-state index in [0.717, 1.165) is 66.8 Å². The van der Waals surface area contributed by atoms with Gasteiger partial charge in [-0.3, -0.25) is 0 Å². The standard InChI is InChI=1S/C53H32N4S/c1-4-14-33(15-5-1)52-41-27-29-49-51(40-21-11-13-23-48(40)58-49)50(41)39-26-24-36(31-45(39)54-52)44-32-43(55-53(56-44)34-16-6-2-7-17-34)35-25-28-47-42(30-35)38-20-10-12-22-46(38)57(47)37-18-8-3-9-19-37/h1-32H. The molecule has 5 heteroatoms. The van der Waals surface area contributed by atoms with E-state index in [4.69, 9.17) is 15.0 Å². The van der Waals surface area contributed by atoms with E-state index < -0.39 is 0 Å². The zero-order valence-electron chi connectivity index (χ0n) is 31.2. The zero-order valence-corrected chi connectivity index (χ0v) is 32.0. The van der Waals surface area contributed by atoms with E-state index in [0.29, 0.717) is 5.82 Å². The highest BCUT2D eigenvalue weighted by Crippen LogP contribution is 2.44. The maximum atomic E-state index is 5.44. The van der Waals surface area contributed by atoms with Gasteiger partial charge in [-0.25, -0.2) is 15.0 Å². The van der Waals surface area contributed by atoms with Crippen LogP contribution in [0.4, 0.5) is 0 Å². The number of aromatic nitrogens is 4. The van der Waals surface area contributed by atoms with Crippen molar-refractivity contribution in [1.82, 2.24) is 19.5 Å². The van der Waals surface area contributed by atoms with Gasteiger partial charge in [-0.15, -0.1) is 11.3 Å². The minimum atomic E-state index is 0.683. The molecule has 4 heterocycles. The highest BCUT2D eigenvalue weighted by molar-refractivity contribution is 7.26. The van der Waals surface area contributed by atoms with E-state index in [1.54, 1.807) is 0 Å². The Kier molecular flexibility index (Phi) is 7.37. The van der Waals surface area contributed by atoms with E-state index >= 15 is 0 Å². The SMILES string of the molecule is c1ccc(-c2nc(-c3ccc4c(c3)nc(-c3ccccc3)c3ccc5sc6ccccc6c5c34)cc(-c3ccc4c(c3)c3ccccc3n4-c3ccccc3)n2)cc1. The van der Waals surface area contributed by atoms with Gasteiger partial charge in [0, 0.05) is 75.0 Å². The molecule has 0 amide bonds. The van der Waals surface area contributed by atoms with Crippen LogP contribution in [0, 0.1) is 0 Å². The quantitative estimate of drug-likeness (QED) is 0.164. The van der Waals surface area contributed by atoms with Crippen molar-refractivity contribution in [3.63, 3.8) is 0 Å². The molecule has 0 bridgehead atoms. The number of para-hydroxylation sites is 2. The molecule has 0 saturated carbocycles. The van der Waals surface area contributed by atoms with Gasteiger partial charge in [-0.1, -0.05) is 140 Å². The second kappa shape index (κ2) is 13.1. The van der Waals surface area contributed by atoms with E-state index in [-0.39, 0.29) is 0 Å². The van der Waals surface area contributed by atoms with Gasteiger partial charge >= 0.3 is 0 Å². The molecule has 0 N–H and O–H groups in total. The Labute approximate surface area is 338 Å². The minimum Gasteiger partial charge on any atom is -0.309 e. The first-order valence-electron chi connectivity index (χ1n) is 19.5. The number of thiophene rings is 1. The van der Waals surface area contributed by atoms with Crippen molar-refractivity contribution in [1.29, 1.82) is 0 Å². The fraction of sp³-hybridized carbons (Fsp3) is 0. The molecule has 8 aromatic carbocycles. The van der Waals surface area contributed by atoms with Gasteiger partial charge in [-0.05, 0) is 54.6 Å². The van der Waals surface area contributed by atoms with Crippen molar-refractivity contribution in [3.8, 4) is 50.8 Å². The van der Waals surface area contributed by atoms with Crippen molar-refractivity contribution in [2.24, 2.45) is 0 Å². The van der Waals surface area contributed by atoms with Crippen LogP contribution in [0.5, 0.6) is 0 Å².